The minimum absolute atomic E-state index is 0.535. The Morgan fingerprint density at radius 2 is 2.62 bits per heavy atom. The van der Waals surface area contributed by atoms with Crippen molar-refractivity contribution in [3.05, 3.63) is 12.3 Å². The van der Waals surface area contributed by atoms with E-state index in [4.69, 9.17) is 4.74 Å². The second kappa shape index (κ2) is 1.86. The molecule has 0 fully saturated rings. The first-order valence-corrected chi connectivity index (χ1v) is 2.28. The number of hydrogen-bond acceptors (Lipinski definition) is 2. The lowest BCUT2D eigenvalue weighted by Crippen LogP contribution is -1.88. The van der Waals surface area contributed by atoms with Gasteiger partial charge in [-0.2, -0.15) is 0 Å². The van der Waals surface area contributed by atoms with E-state index in [1.165, 1.54) is 0 Å². The molecule has 1 radical (unpaired) electrons. The summed E-state index contributed by atoms with van der Waals surface area (Å²) in [6, 6.07) is 2.78. The Bertz CT molecular complexity index is 171. The lowest BCUT2D eigenvalue weighted by atomic mass is 10.7. The second-order valence-electron chi connectivity index (χ2n) is 1.46. The minimum Gasteiger partial charge on any atom is -0.479 e. The van der Waals surface area contributed by atoms with Crippen LogP contribution in [-0.2, 0) is 7.05 Å². The molecule has 0 saturated heterocycles. The highest BCUT2D eigenvalue weighted by atomic mass is 16.5. The van der Waals surface area contributed by atoms with Gasteiger partial charge in [0, 0.05) is 13.2 Å². The molecule has 0 amide bonds. The van der Waals surface area contributed by atoms with Gasteiger partial charge in [-0.25, -0.2) is 0 Å². The van der Waals surface area contributed by atoms with E-state index in [0.29, 0.717) is 5.88 Å². The van der Waals surface area contributed by atoms with E-state index < -0.39 is 0 Å². The predicted octanol–water partition coefficient (Wildman–Crippen LogP) is 0.229. The molecule has 0 aliphatic carbocycles. The number of aryl methyl sites for hydroxylation is 1. The molecule has 0 aliphatic rings. The molecule has 0 N–H and O–H groups in total. The van der Waals surface area contributed by atoms with Crippen molar-refractivity contribution in [3.8, 4) is 5.88 Å². The van der Waals surface area contributed by atoms with Gasteiger partial charge in [0.15, 0.2) is 0 Å². The van der Waals surface area contributed by atoms with Gasteiger partial charge >= 0.3 is 0 Å². The monoisotopic (exact) mass is 111 g/mol. The number of rotatable bonds is 1. The lowest BCUT2D eigenvalue weighted by Gasteiger charge is -1.87. The SMILES string of the molecule is COc1[c]cn(C)n1. The largest absolute Gasteiger partial charge is 0.479 e. The smallest absolute Gasteiger partial charge is 0.240 e. The molecular formula is C5H7N2O. The fraction of sp³-hybridized carbons (Fsp3) is 0.400. The van der Waals surface area contributed by atoms with Gasteiger partial charge in [0.05, 0.1) is 13.2 Å². The molecule has 1 aromatic rings. The molecule has 0 bridgehead atoms. The Kier molecular flexibility index (Phi) is 1.20. The first-order valence-electron chi connectivity index (χ1n) is 2.28. The van der Waals surface area contributed by atoms with E-state index in [2.05, 4.69) is 11.2 Å². The minimum atomic E-state index is 0.535. The Hall–Kier alpha value is -0.990. The topological polar surface area (TPSA) is 27.1 Å². The van der Waals surface area contributed by atoms with Crippen molar-refractivity contribution in [2.24, 2.45) is 7.05 Å². The quantitative estimate of drug-likeness (QED) is 0.518. The van der Waals surface area contributed by atoms with Crippen molar-refractivity contribution in [2.45, 2.75) is 0 Å². The van der Waals surface area contributed by atoms with Gasteiger partial charge < -0.3 is 4.74 Å². The van der Waals surface area contributed by atoms with Crippen LogP contribution < -0.4 is 4.74 Å². The average Bonchev–Trinajstić information content (AvgIpc) is 2.14. The van der Waals surface area contributed by atoms with Gasteiger partial charge in [-0.3, -0.25) is 4.68 Å². The molecule has 1 aromatic heterocycles. The number of hydrogen-bond donors (Lipinski definition) is 0. The van der Waals surface area contributed by atoms with E-state index in [-0.39, 0.29) is 0 Å². The van der Waals surface area contributed by atoms with Crippen LogP contribution >= 0.6 is 0 Å². The fourth-order valence-corrected chi connectivity index (χ4v) is 0.449. The summed E-state index contributed by atoms with van der Waals surface area (Å²) in [6.45, 7) is 0. The van der Waals surface area contributed by atoms with Gasteiger partial charge in [0.1, 0.15) is 0 Å². The third kappa shape index (κ3) is 0.804. The lowest BCUT2D eigenvalue weighted by molar-refractivity contribution is 0.391. The van der Waals surface area contributed by atoms with E-state index in [9.17, 15) is 0 Å². The summed E-state index contributed by atoms with van der Waals surface area (Å²) in [6.07, 6.45) is 1.71. The first-order chi connectivity index (χ1) is 3.83. The van der Waals surface area contributed by atoms with Crippen LogP contribution in [-0.4, -0.2) is 16.9 Å². The zero-order valence-corrected chi connectivity index (χ0v) is 4.88. The van der Waals surface area contributed by atoms with E-state index in [1.807, 2.05) is 7.05 Å². The number of ether oxygens (including phenoxy) is 1. The van der Waals surface area contributed by atoms with E-state index in [1.54, 1.807) is 18.0 Å². The fourth-order valence-electron chi connectivity index (χ4n) is 0.449. The maximum atomic E-state index is 4.75. The van der Waals surface area contributed by atoms with Crippen LogP contribution in [0.15, 0.2) is 6.20 Å². The number of nitrogens with zero attached hydrogens (tertiary/aromatic N) is 2. The zero-order valence-electron chi connectivity index (χ0n) is 4.88. The Balaban J connectivity index is 2.84. The van der Waals surface area contributed by atoms with Crippen molar-refractivity contribution < 1.29 is 4.74 Å². The van der Waals surface area contributed by atoms with Gasteiger partial charge in [0.25, 0.3) is 0 Å². The second-order valence-corrected chi connectivity index (χ2v) is 1.46. The van der Waals surface area contributed by atoms with Gasteiger partial charge in [-0.15, -0.1) is 5.10 Å². The molecule has 0 unspecified atom stereocenters. The molecule has 3 nitrogen and oxygen atoms in total. The third-order valence-corrected chi connectivity index (χ3v) is 0.817. The Morgan fingerprint density at radius 3 is 2.88 bits per heavy atom. The van der Waals surface area contributed by atoms with Crippen LogP contribution in [0.4, 0.5) is 0 Å². The average molecular weight is 111 g/mol. The molecule has 43 valence electrons. The molecule has 0 aliphatic heterocycles. The normalized spacial score (nSPS) is 9.25. The van der Waals surface area contributed by atoms with Gasteiger partial charge in [-0.05, 0) is 0 Å². The van der Waals surface area contributed by atoms with Crippen LogP contribution in [0.2, 0.25) is 0 Å². The summed E-state index contributed by atoms with van der Waals surface area (Å²) in [5, 5.41) is 3.87. The van der Waals surface area contributed by atoms with Crippen molar-refractivity contribution in [1.82, 2.24) is 9.78 Å². The Morgan fingerprint density at radius 1 is 1.88 bits per heavy atom. The summed E-state index contributed by atoms with van der Waals surface area (Å²) in [4.78, 5) is 0. The van der Waals surface area contributed by atoms with Crippen molar-refractivity contribution in [3.63, 3.8) is 0 Å². The number of aromatic nitrogens is 2. The van der Waals surface area contributed by atoms with Crippen molar-refractivity contribution in [1.29, 1.82) is 0 Å². The molecule has 1 heterocycles. The molecule has 0 aromatic carbocycles. The summed E-state index contributed by atoms with van der Waals surface area (Å²) >= 11 is 0. The molecule has 0 spiro atoms. The standard InChI is InChI=1S/C5H7N2O/c1-7-4-3-5(6-7)8-2/h4H,1-2H3. The molecule has 1 rings (SSSR count). The molecule has 8 heavy (non-hydrogen) atoms. The van der Waals surface area contributed by atoms with Crippen molar-refractivity contribution >= 4 is 0 Å². The highest BCUT2D eigenvalue weighted by molar-refractivity contribution is 5.01. The summed E-state index contributed by atoms with van der Waals surface area (Å²) in [5.41, 5.74) is 0. The molecule has 0 saturated carbocycles. The summed E-state index contributed by atoms with van der Waals surface area (Å²) in [5.74, 6) is 0.535. The number of methoxy groups -OCH3 is 1. The Labute approximate surface area is 47.9 Å². The zero-order chi connectivity index (χ0) is 5.98. The van der Waals surface area contributed by atoms with Gasteiger partial charge in [0.2, 0.25) is 5.88 Å². The summed E-state index contributed by atoms with van der Waals surface area (Å²) < 4.78 is 6.39. The van der Waals surface area contributed by atoms with Crippen LogP contribution in [0, 0.1) is 6.07 Å². The van der Waals surface area contributed by atoms with Crippen LogP contribution in [0.3, 0.4) is 0 Å². The van der Waals surface area contributed by atoms with Crippen molar-refractivity contribution in [2.75, 3.05) is 7.11 Å². The molecular weight excluding hydrogens is 104 g/mol. The highest BCUT2D eigenvalue weighted by Gasteiger charge is 1.90. The summed E-state index contributed by atoms with van der Waals surface area (Å²) in [7, 11) is 3.39. The van der Waals surface area contributed by atoms with E-state index >= 15 is 0 Å². The maximum absolute atomic E-state index is 4.75. The van der Waals surface area contributed by atoms with Crippen LogP contribution in [0.5, 0.6) is 5.88 Å². The first kappa shape index (κ1) is 5.15. The van der Waals surface area contributed by atoms with Gasteiger partial charge in [-0.1, -0.05) is 0 Å². The van der Waals surface area contributed by atoms with E-state index in [0.717, 1.165) is 0 Å². The van der Waals surface area contributed by atoms with Crippen LogP contribution in [0.25, 0.3) is 0 Å². The maximum Gasteiger partial charge on any atom is 0.240 e. The predicted molar refractivity (Wildman–Crippen MR) is 28.6 cm³/mol. The van der Waals surface area contributed by atoms with Crippen LogP contribution in [0.1, 0.15) is 0 Å². The molecule has 0 atom stereocenters. The molecule has 3 heteroatoms. The third-order valence-electron chi connectivity index (χ3n) is 0.817. The highest BCUT2D eigenvalue weighted by Crippen LogP contribution is 1.99.